The molecule has 0 spiro atoms. The van der Waals surface area contributed by atoms with E-state index in [1.54, 1.807) is 0 Å². The fourth-order valence-electron chi connectivity index (χ4n) is 4.98. The third-order valence-electron chi connectivity index (χ3n) is 6.52. The van der Waals surface area contributed by atoms with Crippen molar-refractivity contribution in [2.45, 2.75) is 19.8 Å². The molecule has 0 N–H and O–H groups in total. The van der Waals surface area contributed by atoms with Gasteiger partial charge in [-0.15, -0.1) is 0 Å². The molecule has 2 aliphatic heterocycles. The van der Waals surface area contributed by atoms with E-state index in [-0.39, 0.29) is 0 Å². The van der Waals surface area contributed by atoms with Crippen molar-refractivity contribution < 1.29 is 0 Å². The van der Waals surface area contributed by atoms with Crippen LogP contribution in [-0.2, 0) is 12.8 Å². The number of rotatable bonds is 1. The van der Waals surface area contributed by atoms with Crippen molar-refractivity contribution in [3.05, 3.63) is 113 Å². The highest BCUT2D eigenvalue weighted by molar-refractivity contribution is 5.87. The third kappa shape index (κ3) is 2.57. The van der Waals surface area contributed by atoms with Crippen LogP contribution in [0.5, 0.6) is 0 Å². The number of hydrogen-bond acceptors (Lipinski definition) is 2. The average Bonchev–Trinajstić information content (AvgIpc) is 2.77. The van der Waals surface area contributed by atoms with Gasteiger partial charge in [0, 0.05) is 42.6 Å². The van der Waals surface area contributed by atoms with Crippen molar-refractivity contribution in [1.29, 1.82) is 0 Å². The minimum absolute atomic E-state index is 0.979. The standard InChI is InChI=1S/C28H24N2/c1-19-11-13-24(14-12-19)30-26-10-6-4-8-21(26)16-23-17-22-15-20-7-3-5-9-25(20)29(2)27(22)18-28(23)30/h3-14,17-18H,15-16H2,1-2H3. The molecular weight excluding hydrogens is 364 g/mol. The van der Waals surface area contributed by atoms with Gasteiger partial charge >= 0.3 is 0 Å². The summed E-state index contributed by atoms with van der Waals surface area (Å²) < 4.78 is 0. The van der Waals surface area contributed by atoms with Crippen LogP contribution in [0.1, 0.15) is 27.8 Å². The third-order valence-corrected chi connectivity index (χ3v) is 6.52. The van der Waals surface area contributed by atoms with Crippen LogP contribution < -0.4 is 9.80 Å². The largest absolute Gasteiger partial charge is 0.344 e. The van der Waals surface area contributed by atoms with E-state index in [1.165, 1.54) is 56.3 Å². The summed E-state index contributed by atoms with van der Waals surface area (Å²) in [6, 6.07) is 31.3. The Morgan fingerprint density at radius 3 is 1.90 bits per heavy atom. The molecule has 0 aromatic heterocycles. The maximum absolute atomic E-state index is 2.44. The van der Waals surface area contributed by atoms with Gasteiger partial charge in [0.2, 0.25) is 0 Å². The summed E-state index contributed by atoms with van der Waals surface area (Å²) in [6.07, 6.45) is 1.97. The van der Waals surface area contributed by atoms with E-state index < -0.39 is 0 Å². The molecule has 2 heteroatoms. The lowest BCUT2D eigenvalue weighted by molar-refractivity contribution is 1.02. The summed E-state index contributed by atoms with van der Waals surface area (Å²) in [6.45, 7) is 2.14. The minimum Gasteiger partial charge on any atom is -0.344 e. The molecule has 4 aromatic rings. The Bertz CT molecular complexity index is 1270. The maximum Gasteiger partial charge on any atom is 0.0518 e. The van der Waals surface area contributed by atoms with Crippen LogP contribution in [0.25, 0.3) is 0 Å². The van der Waals surface area contributed by atoms with Crippen molar-refractivity contribution >= 4 is 28.4 Å². The number of anilines is 5. The van der Waals surface area contributed by atoms with Gasteiger partial charge < -0.3 is 9.80 Å². The molecule has 0 bridgehead atoms. The van der Waals surface area contributed by atoms with Gasteiger partial charge in [-0.1, -0.05) is 60.2 Å². The molecule has 4 aromatic carbocycles. The van der Waals surface area contributed by atoms with Crippen molar-refractivity contribution in [2.24, 2.45) is 0 Å². The van der Waals surface area contributed by atoms with Gasteiger partial charge in [0.15, 0.2) is 0 Å². The first-order valence-corrected chi connectivity index (χ1v) is 10.6. The highest BCUT2D eigenvalue weighted by Crippen LogP contribution is 2.48. The summed E-state index contributed by atoms with van der Waals surface area (Å²) in [4.78, 5) is 4.78. The monoisotopic (exact) mass is 388 g/mol. The first kappa shape index (κ1) is 17.3. The van der Waals surface area contributed by atoms with Gasteiger partial charge in [0.05, 0.1) is 5.69 Å². The Morgan fingerprint density at radius 2 is 1.17 bits per heavy atom. The van der Waals surface area contributed by atoms with Gasteiger partial charge in [0.1, 0.15) is 0 Å². The van der Waals surface area contributed by atoms with Crippen LogP contribution in [-0.4, -0.2) is 7.05 Å². The molecule has 146 valence electrons. The van der Waals surface area contributed by atoms with E-state index in [0.717, 1.165) is 12.8 Å². The second kappa shape index (κ2) is 6.50. The van der Waals surface area contributed by atoms with E-state index >= 15 is 0 Å². The molecule has 0 atom stereocenters. The van der Waals surface area contributed by atoms with Gasteiger partial charge in [0.25, 0.3) is 0 Å². The molecule has 0 fully saturated rings. The first-order chi connectivity index (χ1) is 14.7. The molecule has 0 radical (unpaired) electrons. The summed E-state index contributed by atoms with van der Waals surface area (Å²) in [5.41, 5.74) is 13.3. The minimum atomic E-state index is 0.979. The quantitative estimate of drug-likeness (QED) is 0.304. The lowest BCUT2D eigenvalue weighted by atomic mass is 9.89. The Balaban J connectivity index is 1.56. The molecule has 0 saturated carbocycles. The highest BCUT2D eigenvalue weighted by Gasteiger charge is 2.28. The van der Waals surface area contributed by atoms with E-state index in [0.29, 0.717) is 0 Å². The van der Waals surface area contributed by atoms with Crippen molar-refractivity contribution in [3.8, 4) is 0 Å². The van der Waals surface area contributed by atoms with Crippen molar-refractivity contribution in [2.75, 3.05) is 16.8 Å². The van der Waals surface area contributed by atoms with E-state index in [9.17, 15) is 0 Å². The Morgan fingerprint density at radius 1 is 0.567 bits per heavy atom. The van der Waals surface area contributed by atoms with Crippen LogP contribution in [0.15, 0.2) is 84.9 Å². The van der Waals surface area contributed by atoms with Crippen molar-refractivity contribution in [1.82, 2.24) is 0 Å². The van der Waals surface area contributed by atoms with Gasteiger partial charge in [-0.05, 0) is 59.5 Å². The SMILES string of the molecule is Cc1ccc(N2c3ccccc3Cc3cc4c(cc32)N(C)c2ccccc2C4)cc1. The summed E-state index contributed by atoms with van der Waals surface area (Å²) in [7, 11) is 2.19. The zero-order valence-electron chi connectivity index (χ0n) is 17.4. The molecule has 0 amide bonds. The predicted molar refractivity (Wildman–Crippen MR) is 126 cm³/mol. The number of nitrogens with zero attached hydrogens (tertiary/aromatic N) is 2. The number of para-hydroxylation sites is 2. The van der Waals surface area contributed by atoms with Crippen LogP contribution in [0.2, 0.25) is 0 Å². The molecule has 0 aliphatic carbocycles. The van der Waals surface area contributed by atoms with E-state index in [2.05, 4.69) is 109 Å². The molecule has 2 nitrogen and oxygen atoms in total. The summed E-state index contributed by atoms with van der Waals surface area (Å²) in [5.74, 6) is 0. The van der Waals surface area contributed by atoms with Crippen molar-refractivity contribution in [3.63, 3.8) is 0 Å². The smallest absolute Gasteiger partial charge is 0.0518 e. The van der Waals surface area contributed by atoms with Gasteiger partial charge in [-0.3, -0.25) is 0 Å². The fourth-order valence-corrected chi connectivity index (χ4v) is 4.98. The summed E-state index contributed by atoms with van der Waals surface area (Å²) in [5, 5.41) is 0. The number of hydrogen-bond donors (Lipinski definition) is 0. The zero-order valence-corrected chi connectivity index (χ0v) is 17.4. The fraction of sp³-hybridized carbons (Fsp3) is 0.143. The van der Waals surface area contributed by atoms with Crippen LogP contribution in [0, 0.1) is 6.92 Å². The predicted octanol–water partition coefficient (Wildman–Crippen LogP) is 7.04. The van der Waals surface area contributed by atoms with Gasteiger partial charge in [-0.2, -0.15) is 0 Å². The topological polar surface area (TPSA) is 6.48 Å². The molecule has 30 heavy (non-hydrogen) atoms. The number of fused-ring (bicyclic) bond motifs is 4. The van der Waals surface area contributed by atoms with Crippen LogP contribution in [0.4, 0.5) is 28.4 Å². The lowest BCUT2D eigenvalue weighted by Gasteiger charge is -2.37. The van der Waals surface area contributed by atoms with Gasteiger partial charge in [-0.25, -0.2) is 0 Å². The molecule has 2 heterocycles. The zero-order chi connectivity index (χ0) is 20.2. The van der Waals surface area contributed by atoms with E-state index in [1.807, 2.05) is 0 Å². The van der Waals surface area contributed by atoms with Crippen LogP contribution in [0.3, 0.4) is 0 Å². The second-order valence-electron chi connectivity index (χ2n) is 8.45. The first-order valence-electron chi connectivity index (χ1n) is 10.6. The maximum atomic E-state index is 2.44. The lowest BCUT2D eigenvalue weighted by Crippen LogP contribution is -2.23. The normalized spacial score (nSPS) is 13.9. The van der Waals surface area contributed by atoms with Crippen LogP contribution >= 0.6 is 0 Å². The Labute approximate surface area is 178 Å². The average molecular weight is 389 g/mol. The molecule has 0 unspecified atom stereocenters. The molecular formula is C28H24N2. The highest BCUT2D eigenvalue weighted by atomic mass is 15.2. The molecule has 2 aliphatic rings. The Hall–Kier alpha value is -3.52. The van der Waals surface area contributed by atoms with E-state index in [4.69, 9.17) is 0 Å². The number of aryl methyl sites for hydroxylation is 1. The molecule has 0 saturated heterocycles. The Kier molecular flexibility index (Phi) is 3.76. The second-order valence-corrected chi connectivity index (χ2v) is 8.45. The molecule has 6 rings (SSSR count). The number of benzene rings is 4. The summed E-state index contributed by atoms with van der Waals surface area (Å²) >= 11 is 0.